The molecule has 6 heteroatoms. The molecule has 2 aromatic rings. The van der Waals surface area contributed by atoms with Gasteiger partial charge >= 0.3 is 0 Å². The lowest BCUT2D eigenvalue weighted by Crippen LogP contribution is -2.16. The first kappa shape index (κ1) is 14.2. The monoisotopic (exact) mass is 276 g/mol. The van der Waals surface area contributed by atoms with E-state index >= 15 is 0 Å². The van der Waals surface area contributed by atoms with Gasteiger partial charge in [-0.1, -0.05) is 13.3 Å². The van der Waals surface area contributed by atoms with E-state index in [4.69, 9.17) is 0 Å². The van der Waals surface area contributed by atoms with E-state index in [0.29, 0.717) is 5.82 Å². The fourth-order valence-corrected chi connectivity index (χ4v) is 1.85. The Morgan fingerprint density at radius 1 is 1.40 bits per heavy atom. The number of amides is 1. The van der Waals surface area contributed by atoms with Gasteiger partial charge in [-0.3, -0.25) is 9.78 Å². The third kappa shape index (κ3) is 3.40. The zero-order chi connectivity index (χ0) is 14.5. The summed E-state index contributed by atoms with van der Waals surface area (Å²) in [4.78, 5) is 15.7. The van der Waals surface area contributed by atoms with E-state index in [9.17, 15) is 9.18 Å². The minimum atomic E-state index is -0.534. The van der Waals surface area contributed by atoms with Crippen LogP contribution in [0.15, 0.2) is 24.5 Å². The van der Waals surface area contributed by atoms with Gasteiger partial charge in [0.15, 0.2) is 0 Å². The average Bonchev–Trinajstić information content (AvgIpc) is 2.76. The van der Waals surface area contributed by atoms with Gasteiger partial charge in [-0.2, -0.15) is 5.10 Å². The molecule has 5 nitrogen and oxygen atoms in total. The number of unbranched alkanes of at least 4 members (excludes halogenated alkanes) is 1. The van der Waals surface area contributed by atoms with E-state index in [1.807, 2.05) is 6.92 Å². The number of carbonyl (C=O) groups excluding carboxylic acids is 1. The fourth-order valence-electron chi connectivity index (χ4n) is 1.85. The second-order valence-corrected chi connectivity index (χ2v) is 4.59. The second-order valence-electron chi connectivity index (χ2n) is 4.59. The largest absolute Gasteiger partial charge is 0.307 e. The highest BCUT2D eigenvalue weighted by Gasteiger charge is 2.11. The highest BCUT2D eigenvalue weighted by Crippen LogP contribution is 2.13. The van der Waals surface area contributed by atoms with Crippen LogP contribution in [-0.2, 0) is 6.54 Å². The van der Waals surface area contributed by atoms with Crippen molar-refractivity contribution in [2.75, 3.05) is 5.32 Å². The Kier molecular flexibility index (Phi) is 4.45. The van der Waals surface area contributed by atoms with Crippen molar-refractivity contribution in [3.05, 3.63) is 41.6 Å². The standard InChI is InChI=1S/C14H17FN4O/c1-3-4-5-19-13(6-10(2)18-19)17-14(20)11-7-12(15)9-16-8-11/h6-9H,3-5H2,1-2H3,(H,17,20). The highest BCUT2D eigenvalue weighted by atomic mass is 19.1. The molecule has 20 heavy (non-hydrogen) atoms. The fraction of sp³-hybridized carbons (Fsp3) is 0.357. The molecule has 1 amide bonds. The SMILES string of the molecule is CCCCn1nc(C)cc1NC(=O)c1cncc(F)c1. The van der Waals surface area contributed by atoms with Crippen LogP contribution in [0.2, 0.25) is 0 Å². The normalized spacial score (nSPS) is 10.6. The van der Waals surface area contributed by atoms with Crippen molar-refractivity contribution in [2.24, 2.45) is 0 Å². The molecular weight excluding hydrogens is 259 g/mol. The highest BCUT2D eigenvalue weighted by molar-refractivity contribution is 6.03. The molecule has 0 saturated heterocycles. The maximum atomic E-state index is 13.1. The lowest BCUT2D eigenvalue weighted by atomic mass is 10.2. The Labute approximate surface area is 116 Å². The minimum Gasteiger partial charge on any atom is -0.307 e. The number of aromatic nitrogens is 3. The molecule has 0 fully saturated rings. The number of nitrogens with zero attached hydrogens (tertiary/aromatic N) is 3. The maximum absolute atomic E-state index is 13.1. The Bertz CT molecular complexity index is 609. The maximum Gasteiger partial charge on any atom is 0.258 e. The number of rotatable bonds is 5. The zero-order valence-corrected chi connectivity index (χ0v) is 11.6. The van der Waals surface area contributed by atoms with Gasteiger partial charge in [0, 0.05) is 18.8 Å². The van der Waals surface area contributed by atoms with Gasteiger partial charge in [0.2, 0.25) is 0 Å². The molecular formula is C14H17FN4O. The molecule has 0 saturated carbocycles. The molecule has 0 spiro atoms. The quantitative estimate of drug-likeness (QED) is 0.913. The number of carbonyl (C=O) groups is 1. The molecule has 0 aliphatic carbocycles. The topological polar surface area (TPSA) is 59.8 Å². The Balaban J connectivity index is 2.15. The predicted molar refractivity (Wildman–Crippen MR) is 74.0 cm³/mol. The Hall–Kier alpha value is -2.24. The van der Waals surface area contributed by atoms with Crippen molar-refractivity contribution in [3.63, 3.8) is 0 Å². The van der Waals surface area contributed by atoms with Crippen molar-refractivity contribution in [2.45, 2.75) is 33.2 Å². The number of aryl methyl sites for hydroxylation is 2. The Morgan fingerprint density at radius 3 is 2.90 bits per heavy atom. The number of anilines is 1. The van der Waals surface area contributed by atoms with Crippen LogP contribution in [-0.4, -0.2) is 20.7 Å². The molecule has 2 heterocycles. The summed E-state index contributed by atoms with van der Waals surface area (Å²) >= 11 is 0. The summed E-state index contributed by atoms with van der Waals surface area (Å²) in [5.41, 5.74) is 1.01. The van der Waals surface area contributed by atoms with Gasteiger partial charge in [-0.25, -0.2) is 9.07 Å². The van der Waals surface area contributed by atoms with Crippen LogP contribution in [0.25, 0.3) is 0 Å². The molecule has 0 aliphatic heterocycles. The molecule has 2 aromatic heterocycles. The van der Waals surface area contributed by atoms with Gasteiger partial charge < -0.3 is 5.32 Å². The first-order chi connectivity index (χ1) is 9.60. The van der Waals surface area contributed by atoms with Gasteiger partial charge in [-0.05, 0) is 19.4 Å². The van der Waals surface area contributed by atoms with Crippen molar-refractivity contribution in [3.8, 4) is 0 Å². The van der Waals surface area contributed by atoms with E-state index < -0.39 is 11.7 Å². The van der Waals surface area contributed by atoms with Crippen LogP contribution < -0.4 is 5.32 Å². The summed E-state index contributed by atoms with van der Waals surface area (Å²) in [5.74, 6) is -0.312. The lowest BCUT2D eigenvalue weighted by molar-refractivity contribution is 0.102. The summed E-state index contributed by atoms with van der Waals surface area (Å²) in [6.07, 6.45) is 4.41. The summed E-state index contributed by atoms with van der Waals surface area (Å²) in [6, 6.07) is 2.95. The predicted octanol–water partition coefficient (Wildman–Crippen LogP) is 2.78. The first-order valence-electron chi connectivity index (χ1n) is 6.56. The number of nitrogens with one attached hydrogen (secondary N) is 1. The van der Waals surface area contributed by atoms with Crippen molar-refractivity contribution in [1.29, 1.82) is 0 Å². The van der Waals surface area contributed by atoms with E-state index in [-0.39, 0.29) is 5.56 Å². The molecule has 106 valence electrons. The minimum absolute atomic E-state index is 0.186. The molecule has 0 bridgehead atoms. The van der Waals surface area contributed by atoms with E-state index in [1.165, 1.54) is 6.20 Å². The smallest absolute Gasteiger partial charge is 0.258 e. The second kappa shape index (κ2) is 6.27. The van der Waals surface area contributed by atoms with Crippen molar-refractivity contribution < 1.29 is 9.18 Å². The third-order valence-corrected chi connectivity index (χ3v) is 2.83. The average molecular weight is 276 g/mol. The van der Waals surface area contributed by atoms with E-state index in [1.54, 1.807) is 10.7 Å². The number of hydrogen-bond donors (Lipinski definition) is 1. The number of halogens is 1. The van der Waals surface area contributed by atoms with Crippen LogP contribution in [0.5, 0.6) is 0 Å². The first-order valence-corrected chi connectivity index (χ1v) is 6.56. The third-order valence-electron chi connectivity index (χ3n) is 2.83. The molecule has 0 unspecified atom stereocenters. The van der Waals surface area contributed by atoms with Crippen LogP contribution in [0.3, 0.4) is 0 Å². The van der Waals surface area contributed by atoms with Gasteiger partial charge in [0.1, 0.15) is 11.6 Å². The van der Waals surface area contributed by atoms with Crippen LogP contribution >= 0.6 is 0 Å². The number of pyridine rings is 1. The zero-order valence-electron chi connectivity index (χ0n) is 11.6. The molecule has 0 aromatic carbocycles. The van der Waals surface area contributed by atoms with Gasteiger partial charge in [0.05, 0.1) is 17.5 Å². The van der Waals surface area contributed by atoms with E-state index in [0.717, 1.165) is 37.3 Å². The van der Waals surface area contributed by atoms with E-state index in [2.05, 4.69) is 22.3 Å². The summed E-state index contributed by atoms with van der Waals surface area (Å²) in [7, 11) is 0. The molecule has 0 atom stereocenters. The molecule has 1 N–H and O–H groups in total. The van der Waals surface area contributed by atoms with Crippen LogP contribution in [0.4, 0.5) is 10.2 Å². The van der Waals surface area contributed by atoms with Gasteiger partial charge in [-0.15, -0.1) is 0 Å². The summed E-state index contributed by atoms with van der Waals surface area (Å²) < 4.78 is 14.8. The summed E-state index contributed by atoms with van der Waals surface area (Å²) in [6.45, 7) is 4.69. The molecule has 2 rings (SSSR count). The lowest BCUT2D eigenvalue weighted by Gasteiger charge is -2.08. The van der Waals surface area contributed by atoms with Gasteiger partial charge in [0.25, 0.3) is 5.91 Å². The van der Waals surface area contributed by atoms with Crippen LogP contribution in [0.1, 0.15) is 35.8 Å². The van der Waals surface area contributed by atoms with Crippen molar-refractivity contribution >= 4 is 11.7 Å². The van der Waals surface area contributed by atoms with Crippen molar-refractivity contribution in [1.82, 2.24) is 14.8 Å². The molecule has 0 aliphatic rings. The summed E-state index contributed by atoms with van der Waals surface area (Å²) in [5, 5.41) is 7.06. The Morgan fingerprint density at radius 2 is 2.20 bits per heavy atom. The number of hydrogen-bond acceptors (Lipinski definition) is 3. The molecule has 0 radical (unpaired) electrons. The van der Waals surface area contributed by atoms with Crippen LogP contribution in [0, 0.1) is 12.7 Å².